The van der Waals surface area contributed by atoms with E-state index in [4.69, 9.17) is 42.3 Å². The highest BCUT2D eigenvalue weighted by Gasteiger charge is 2.31. The van der Waals surface area contributed by atoms with Crippen LogP contribution in [0.1, 0.15) is 76.7 Å². The van der Waals surface area contributed by atoms with Crippen molar-refractivity contribution in [2.24, 2.45) is 5.92 Å². The predicted octanol–water partition coefficient (Wildman–Crippen LogP) is 2.85. The molecule has 3 aromatic rings. The third-order valence-electron chi connectivity index (χ3n) is 6.38. The number of hydrogen-bond donors (Lipinski definition) is 4. The fourth-order valence-corrected chi connectivity index (χ4v) is 4.16. The summed E-state index contributed by atoms with van der Waals surface area (Å²) in [5, 5.41) is 20.8. The number of para-hydroxylation sites is 1. The first kappa shape index (κ1) is 36.2. The maximum Gasteiger partial charge on any atom is 0.408 e. The molecule has 4 N–H and O–H groups in total. The summed E-state index contributed by atoms with van der Waals surface area (Å²) in [6, 6.07) is 5.61. The minimum atomic E-state index is -2.05. The van der Waals surface area contributed by atoms with Crippen molar-refractivity contribution in [3.63, 3.8) is 0 Å². The van der Waals surface area contributed by atoms with Gasteiger partial charge in [-0.25, -0.2) is 4.79 Å². The first-order valence-electron chi connectivity index (χ1n) is 15.1. The van der Waals surface area contributed by atoms with Crippen LogP contribution in [0.5, 0.6) is 5.75 Å². The molecule has 2 heterocycles. The maximum atomic E-state index is 13.0. The van der Waals surface area contributed by atoms with Crippen LogP contribution in [0, 0.1) is 5.92 Å². The lowest BCUT2D eigenvalue weighted by Gasteiger charge is -2.25. The molecule has 48 heavy (non-hydrogen) atoms. The van der Waals surface area contributed by atoms with Crippen LogP contribution >= 0.6 is 0 Å². The SMILES string of the molecule is [B]C([B])([B])NC(=O)c1nnc(NC(=O)C2CC2)cc1Nc1cccc(-c2nc([C@@H](COC(C)(C)C)NC(=O)OC(C)(C)C)no2)c1OC. The van der Waals surface area contributed by atoms with Gasteiger partial charge in [0.05, 0.1) is 59.8 Å². The molecule has 248 valence electrons. The van der Waals surface area contributed by atoms with Crippen molar-refractivity contribution < 1.29 is 33.1 Å². The highest BCUT2D eigenvalue weighted by molar-refractivity contribution is 6.60. The molecule has 1 saturated carbocycles. The molecule has 6 radical (unpaired) electrons. The van der Waals surface area contributed by atoms with E-state index in [1.807, 2.05) is 20.8 Å². The molecule has 18 heteroatoms. The van der Waals surface area contributed by atoms with E-state index >= 15 is 0 Å². The lowest BCUT2D eigenvalue weighted by atomic mass is 9.49. The van der Waals surface area contributed by atoms with Gasteiger partial charge in [0, 0.05) is 12.0 Å². The number of ether oxygens (including phenoxy) is 3. The Balaban J connectivity index is 1.67. The van der Waals surface area contributed by atoms with Gasteiger partial charge in [0.25, 0.3) is 11.8 Å². The molecule has 0 aliphatic heterocycles. The van der Waals surface area contributed by atoms with Gasteiger partial charge in [0.2, 0.25) is 5.91 Å². The quantitative estimate of drug-likeness (QED) is 0.209. The van der Waals surface area contributed by atoms with Crippen LogP contribution in [0.15, 0.2) is 28.8 Å². The minimum absolute atomic E-state index is 0.0234. The van der Waals surface area contributed by atoms with E-state index in [9.17, 15) is 14.4 Å². The molecule has 1 fully saturated rings. The summed E-state index contributed by atoms with van der Waals surface area (Å²) >= 11 is 0. The molecule has 2 aromatic heterocycles. The number of anilines is 3. The van der Waals surface area contributed by atoms with E-state index < -0.39 is 34.5 Å². The summed E-state index contributed by atoms with van der Waals surface area (Å²) in [5.74, 6) is -0.626. The zero-order valence-electron chi connectivity index (χ0n) is 28.0. The van der Waals surface area contributed by atoms with Crippen LogP contribution in [0.2, 0.25) is 0 Å². The van der Waals surface area contributed by atoms with E-state index in [2.05, 4.69) is 41.6 Å². The highest BCUT2D eigenvalue weighted by atomic mass is 16.6. The molecule has 0 spiro atoms. The van der Waals surface area contributed by atoms with Gasteiger partial charge in [0.1, 0.15) is 11.6 Å². The molecule has 0 unspecified atom stereocenters. The Morgan fingerprint density at radius 2 is 1.73 bits per heavy atom. The van der Waals surface area contributed by atoms with Crippen LogP contribution in [0.25, 0.3) is 11.5 Å². The largest absolute Gasteiger partial charge is 0.494 e. The zero-order chi connectivity index (χ0) is 35.4. The molecule has 1 aromatic carbocycles. The van der Waals surface area contributed by atoms with Crippen LogP contribution in [0.3, 0.4) is 0 Å². The van der Waals surface area contributed by atoms with Crippen LogP contribution in [-0.4, -0.2) is 91.9 Å². The Morgan fingerprint density at radius 3 is 2.33 bits per heavy atom. The molecule has 0 bridgehead atoms. The van der Waals surface area contributed by atoms with Gasteiger partial charge in [-0.15, -0.1) is 10.2 Å². The second kappa shape index (κ2) is 14.3. The second-order valence-corrected chi connectivity index (χ2v) is 13.2. The molecule has 15 nitrogen and oxygen atoms in total. The molecule has 3 amide bonds. The molecular formula is C30H37B3N8O7. The molecule has 1 aliphatic carbocycles. The summed E-state index contributed by atoms with van der Waals surface area (Å²) in [6.45, 7) is 10.9. The van der Waals surface area contributed by atoms with Crippen LogP contribution in [-0.2, 0) is 14.3 Å². The molecule has 4 rings (SSSR count). The number of methoxy groups -OCH3 is 1. The van der Waals surface area contributed by atoms with E-state index in [-0.39, 0.29) is 53.1 Å². The van der Waals surface area contributed by atoms with Gasteiger partial charge in [-0.2, -0.15) is 4.98 Å². The average Bonchev–Trinajstić information content (AvgIpc) is 3.70. The Morgan fingerprint density at radius 1 is 1.02 bits per heavy atom. The summed E-state index contributed by atoms with van der Waals surface area (Å²) in [6.07, 6.45) is 0.869. The van der Waals surface area contributed by atoms with Crippen molar-refractivity contribution in [1.82, 2.24) is 31.0 Å². The Bertz CT molecular complexity index is 1650. The van der Waals surface area contributed by atoms with Gasteiger partial charge in [-0.3, -0.25) is 9.59 Å². The number of carbonyl (C=O) groups excluding carboxylic acids is 3. The Labute approximate surface area is 282 Å². The predicted molar refractivity (Wildman–Crippen MR) is 178 cm³/mol. The summed E-state index contributed by atoms with van der Waals surface area (Å²) in [7, 11) is 18.2. The second-order valence-electron chi connectivity index (χ2n) is 13.2. The molecule has 1 aliphatic rings. The van der Waals surface area contributed by atoms with Gasteiger partial charge in [-0.05, 0) is 66.5 Å². The van der Waals surface area contributed by atoms with Crippen molar-refractivity contribution in [1.29, 1.82) is 0 Å². The van der Waals surface area contributed by atoms with Gasteiger partial charge < -0.3 is 40.0 Å². The number of aromatic nitrogens is 4. The lowest BCUT2D eigenvalue weighted by molar-refractivity contribution is -0.117. The fraction of sp³-hybridized carbons (Fsp3) is 0.500. The molecule has 0 saturated heterocycles. The van der Waals surface area contributed by atoms with Crippen molar-refractivity contribution in [3.05, 3.63) is 35.8 Å². The average molecular weight is 654 g/mol. The molecule has 1 atom stereocenters. The standard InChI is InChI=1S/C30H37B3N8O7/c1-28(2,3)46-14-19(35-27(44)47-29(4,5)6)23-37-26(48-41-23)16-9-8-10-17(22(16)45-7)34-18-13-20(36-24(42)15-11-12-15)39-40-21(18)25(43)38-30(31,32)33/h8-10,13,15,19H,11-12,14H2,1-7H3,(H,35,44)(H,38,43)(H2,34,36,39,42)/t19-/m1/s1. The number of amides is 3. The number of hydrogen-bond acceptors (Lipinski definition) is 12. The number of carbonyl (C=O) groups is 3. The normalized spacial score (nSPS) is 14.1. The van der Waals surface area contributed by atoms with Gasteiger partial charge in [0.15, 0.2) is 23.1 Å². The number of benzene rings is 1. The number of rotatable bonds is 12. The Hall–Kier alpha value is -4.60. The van der Waals surface area contributed by atoms with Gasteiger partial charge in [-0.1, -0.05) is 16.5 Å². The highest BCUT2D eigenvalue weighted by Crippen LogP contribution is 2.38. The van der Waals surface area contributed by atoms with Crippen molar-refractivity contribution in [3.8, 4) is 17.2 Å². The number of nitrogens with zero attached hydrogens (tertiary/aromatic N) is 4. The smallest absolute Gasteiger partial charge is 0.408 e. The van der Waals surface area contributed by atoms with E-state index in [0.29, 0.717) is 11.3 Å². The zero-order valence-corrected chi connectivity index (χ0v) is 28.0. The summed E-state index contributed by atoms with van der Waals surface area (Å²) in [4.78, 5) is 42.6. The van der Waals surface area contributed by atoms with Crippen molar-refractivity contribution in [2.45, 2.75) is 76.9 Å². The summed E-state index contributed by atoms with van der Waals surface area (Å²) < 4.78 is 22.7. The topological polar surface area (TPSA) is 192 Å². The van der Waals surface area contributed by atoms with E-state index in [1.54, 1.807) is 39.0 Å². The minimum Gasteiger partial charge on any atom is -0.494 e. The first-order valence-corrected chi connectivity index (χ1v) is 15.1. The third-order valence-corrected chi connectivity index (χ3v) is 6.38. The van der Waals surface area contributed by atoms with Crippen molar-refractivity contribution in [2.75, 3.05) is 24.4 Å². The Kier molecular flexibility index (Phi) is 10.8. The van der Waals surface area contributed by atoms with Gasteiger partial charge >= 0.3 is 6.09 Å². The fourth-order valence-electron chi connectivity index (χ4n) is 4.16. The summed E-state index contributed by atoms with van der Waals surface area (Å²) in [5.41, 5.74) is -0.668. The number of nitrogens with one attached hydrogen (secondary N) is 4. The molecular weight excluding hydrogens is 617 g/mol. The third kappa shape index (κ3) is 10.5. The van der Waals surface area contributed by atoms with Crippen LogP contribution < -0.4 is 26.0 Å². The van der Waals surface area contributed by atoms with E-state index in [0.717, 1.165) is 12.8 Å². The van der Waals surface area contributed by atoms with E-state index in [1.165, 1.54) is 13.2 Å². The maximum absolute atomic E-state index is 13.0. The first-order chi connectivity index (χ1) is 22.3. The lowest BCUT2D eigenvalue weighted by Crippen LogP contribution is -2.50. The van der Waals surface area contributed by atoms with Crippen molar-refractivity contribution >= 4 is 58.6 Å². The van der Waals surface area contributed by atoms with Crippen LogP contribution in [0.4, 0.5) is 22.0 Å². The number of alkyl carbamates (subject to hydrolysis) is 1. The monoisotopic (exact) mass is 654 g/mol.